The van der Waals surface area contributed by atoms with Gasteiger partial charge in [-0.25, -0.2) is 0 Å². The first-order valence-electron chi connectivity index (χ1n) is 4.64. The second-order valence-electron chi connectivity index (χ2n) is 4.22. The van der Waals surface area contributed by atoms with Crippen LogP contribution in [0.15, 0.2) is 0 Å². The van der Waals surface area contributed by atoms with Crippen LogP contribution in [-0.2, 0) is 4.79 Å². The van der Waals surface area contributed by atoms with Gasteiger partial charge in [-0.2, -0.15) is 0 Å². The molecule has 0 bridgehead atoms. The molecule has 11 heavy (non-hydrogen) atoms. The summed E-state index contributed by atoms with van der Waals surface area (Å²) in [6.07, 6.45) is 3.05. The zero-order valence-corrected chi connectivity index (χ0v) is 7.76. The van der Waals surface area contributed by atoms with Gasteiger partial charge in [-0.05, 0) is 24.7 Å². The third-order valence-corrected chi connectivity index (χ3v) is 2.67. The highest BCUT2D eigenvalue weighted by atomic mass is 16.1. The number of rotatable bonds is 2. The topological polar surface area (TPSA) is 17.1 Å². The Bertz CT molecular complexity index is 149. The lowest BCUT2D eigenvalue weighted by Crippen LogP contribution is -2.14. The Hall–Kier alpha value is -0.330. The number of ketones is 1. The van der Waals surface area contributed by atoms with Crippen molar-refractivity contribution in [3.8, 4) is 0 Å². The summed E-state index contributed by atoms with van der Waals surface area (Å²) >= 11 is 0. The SMILES string of the molecule is CC(C)C[C@@H]1C(=O)CC[C@H]1C. The Morgan fingerprint density at radius 1 is 1.55 bits per heavy atom. The van der Waals surface area contributed by atoms with Gasteiger partial charge in [0.25, 0.3) is 0 Å². The highest BCUT2D eigenvalue weighted by Crippen LogP contribution is 2.32. The molecule has 2 atom stereocenters. The molecule has 1 aliphatic rings. The first-order valence-corrected chi connectivity index (χ1v) is 4.64. The average molecular weight is 154 g/mol. The van der Waals surface area contributed by atoms with Crippen molar-refractivity contribution in [3.05, 3.63) is 0 Å². The lowest BCUT2D eigenvalue weighted by Gasteiger charge is -2.15. The van der Waals surface area contributed by atoms with E-state index in [-0.39, 0.29) is 0 Å². The molecule has 64 valence electrons. The molecule has 1 fully saturated rings. The summed E-state index contributed by atoms with van der Waals surface area (Å²) in [5.74, 6) is 2.20. The molecule has 0 heterocycles. The molecule has 0 amide bonds. The van der Waals surface area contributed by atoms with Crippen LogP contribution in [0.4, 0.5) is 0 Å². The van der Waals surface area contributed by atoms with E-state index in [4.69, 9.17) is 0 Å². The molecule has 1 heteroatoms. The summed E-state index contributed by atoms with van der Waals surface area (Å²) < 4.78 is 0. The van der Waals surface area contributed by atoms with Crippen LogP contribution in [0.1, 0.15) is 40.0 Å². The molecule has 1 aliphatic carbocycles. The maximum atomic E-state index is 11.3. The number of hydrogen-bond acceptors (Lipinski definition) is 1. The Morgan fingerprint density at radius 3 is 2.55 bits per heavy atom. The average Bonchev–Trinajstić information content (AvgIpc) is 2.18. The monoisotopic (exact) mass is 154 g/mol. The van der Waals surface area contributed by atoms with E-state index >= 15 is 0 Å². The van der Waals surface area contributed by atoms with Crippen LogP contribution in [0.3, 0.4) is 0 Å². The molecule has 1 saturated carbocycles. The van der Waals surface area contributed by atoms with Crippen molar-refractivity contribution in [2.45, 2.75) is 40.0 Å². The maximum absolute atomic E-state index is 11.3. The van der Waals surface area contributed by atoms with Crippen molar-refractivity contribution in [2.24, 2.45) is 17.8 Å². The molecule has 0 saturated heterocycles. The van der Waals surface area contributed by atoms with Gasteiger partial charge in [-0.1, -0.05) is 20.8 Å². The standard InChI is InChI=1S/C10H18O/c1-7(2)6-9-8(3)4-5-10(9)11/h7-9H,4-6H2,1-3H3/t8-,9+/m1/s1. The van der Waals surface area contributed by atoms with Gasteiger partial charge in [0.05, 0.1) is 0 Å². The van der Waals surface area contributed by atoms with E-state index in [1.165, 1.54) is 0 Å². The van der Waals surface area contributed by atoms with E-state index in [2.05, 4.69) is 20.8 Å². The molecule has 0 aromatic rings. The third-order valence-electron chi connectivity index (χ3n) is 2.67. The lowest BCUT2D eigenvalue weighted by molar-refractivity contribution is -0.121. The third kappa shape index (κ3) is 2.05. The fourth-order valence-corrected chi connectivity index (χ4v) is 1.95. The largest absolute Gasteiger partial charge is 0.299 e. The first-order chi connectivity index (χ1) is 5.11. The fourth-order valence-electron chi connectivity index (χ4n) is 1.95. The summed E-state index contributed by atoms with van der Waals surface area (Å²) in [6, 6.07) is 0. The molecule has 0 aromatic heterocycles. The van der Waals surface area contributed by atoms with Gasteiger partial charge in [0.1, 0.15) is 5.78 Å². The quantitative estimate of drug-likeness (QED) is 0.597. The summed E-state index contributed by atoms with van der Waals surface area (Å²) in [6.45, 7) is 6.59. The van der Waals surface area contributed by atoms with Gasteiger partial charge < -0.3 is 0 Å². The second-order valence-corrected chi connectivity index (χ2v) is 4.22. The van der Waals surface area contributed by atoms with Gasteiger partial charge in [0, 0.05) is 12.3 Å². The van der Waals surface area contributed by atoms with Gasteiger partial charge in [0.2, 0.25) is 0 Å². The van der Waals surface area contributed by atoms with Crippen LogP contribution >= 0.6 is 0 Å². The predicted molar refractivity (Wildman–Crippen MR) is 46.4 cm³/mol. The van der Waals surface area contributed by atoms with Crippen LogP contribution < -0.4 is 0 Å². The van der Waals surface area contributed by atoms with Crippen molar-refractivity contribution in [2.75, 3.05) is 0 Å². The zero-order chi connectivity index (χ0) is 8.43. The van der Waals surface area contributed by atoms with Crippen molar-refractivity contribution in [1.29, 1.82) is 0 Å². The van der Waals surface area contributed by atoms with Crippen molar-refractivity contribution < 1.29 is 4.79 Å². The minimum Gasteiger partial charge on any atom is -0.299 e. The van der Waals surface area contributed by atoms with Gasteiger partial charge in [-0.3, -0.25) is 4.79 Å². The predicted octanol–water partition coefficient (Wildman–Crippen LogP) is 2.65. The normalized spacial score (nSPS) is 31.8. The number of carbonyl (C=O) groups is 1. The summed E-state index contributed by atoms with van der Waals surface area (Å²) in [4.78, 5) is 11.3. The number of carbonyl (C=O) groups excluding carboxylic acids is 1. The van der Waals surface area contributed by atoms with Crippen molar-refractivity contribution >= 4 is 5.78 Å². The Kier molecular flexibility index (Phi) is 2.69. The highest BCUT2D eigenvalue weighted by Gasteiger charge is 2.31. The van der Waals surface area contributed by atoms with E-state index in [1.54, 1.807) is 0 Å². The summed E-state index contributed by atoms with van der Waals surface area (Å²) in [5, 5.41) is 0. The summed E-state index contributed by atoms with van der Waals surface area (Å²) in [7, 11) is 0. The molecule has 0 spiro atoms. The molecule has 0 N–H and O–H groups in total. The number of Topliss-reactive ketones (excluding diaryl/α,β-unsaturated/α-hetero) is 1. The van der Waals surface area contributed by atoms with Gasteiger partial charge in [0.15, 0.2) is 0 Å². The Morgan fingerprint density at radius 2 is 2.18 bits per heavy atom. The smallest absolute Gasteiger partial charge is 0.136 e. The van der Waals surface area contributed by atoms with Crippen LogP contribution in [0.5, 0.6) is 0 Å². The minimum absolute atomic E-state index is 0.384. The Balaban J connectivity index is 2.48. The van der Waals surface area contributed by atoms with E-state index in [0.29, 0.717) is 23.5 Å². The van der Waals surface area contributed by atoms with Crippen LogP contribution in [0.25, 0.3) is 0 Å². The number of hydrogen-bond donors (Lipinski definition) is 0. The van der Waals surface area contributed by atoms with E-state index < -0.39 is 0 Å². The lowest BCUT2D eigenvalue weighted by atomic mass is 9.89. The molecule has 1 rings (SSSR count). The van der Waals surface area contributed by atoms with Gasteiger partial charge >= 0.3 is 0 Å². The summed E-state index contributed by atoms with van der Waals surface area (Å²) in [5.41, 5.74) is 0. The fraction of sp³-hybridized carbons (Fsp3) is 0.900. The maximum Gasteiger partial charge on any atom is 0.136 e. The van der Waals surface area contributed by atoms with Crippen LogP contribution in [0.2, 0.25) is 0 Å². The molecular formula is C10H18O. The molecular weight excluding hydrogens is 136 g/mol. The van der Waals surface area contributed by atoms with Gasteiger partial charge in [-0.15, -0.1) is 0 Å². The van der Waals surface area contributed by atoms with E-state index in [1.807, 2.05) is 0 Å². The van der Waals surface area contributed by atoms with E-state index in [0.717, 1.165) is 19.3 Å². The first kappa shape index (κ1) is 8.76. The highest BCUT2D eigenvalue weighted by molar-refractivity contribution is 5.83. The zero-order valence-electron chi connectivity index (χ0n) is 7.76. The molecule has 0 aliphatic heterocycles. The molecule has 0 unspecified atom stereocenters. The molecule has 0 aromatic carbocycles. The minimum atomic E-state index is 0.384. The molecule has 0 radical (unpaired) electrons. The Labute approximate surface area is 69.2 Å². The van der Waals surface area contributed by atoms with E-state index in [9.17, 15) is 4.79 Å². The van der Waals surface area contributed by atoms with Crippen molar-refractivity contribution in [1.82, 2.24) is 0 Å². The van der Waals surface area contributed by atoms with Crippen LogP contribution in [0, 0.1) is 17.8 Å². The second kappa shape index (κ2) is 3.38. The van der Waals surface area contributed by atoms with Crippen molar-refractivity contribution in [3.63, 3.8) is 0 Å². The molecule has 1 nitrogen and oxygen atoms in total. The van der Waals surface area contributed by atoms with Crippen LogP contribution in [-0.4, -0.2) is 5.78 Å².